The molecule has 1 aromatic rings. The molecule has 0 aromatic carbocycles. The molecule has 0 saturated heterocycles. The van der Waals surface area contributed by atoms with Crippen LogP contribution in [-0.4, -0.2) is 5.33 Å². The molecule has 0 amide bonds. The maximum atomic E-state index is 5.51. The molecule has 2 atom stereocenters. The van der Waals surface area contributed by atoms with Crippen molar-refractivity contribution in [2.75, 3.05) is 5.33 Å². The quantitative estimate of drug-likeness (QED) is 0.723. The predicted octanol–water partition coefficient (Wildman–Crippen LogP) is 3.59. The molecule has 1 nitrogen and oxygen atoms in total. The largest absolute Gasteiger partial charge is 0.469 e. The summed E-state index contributed by atoms with van der Waals surface area (Å²) < 4.78 is 5.51. The summed E-state index contributed by atoms with van der Waals surface area (Å²) in [6.07, 6.45) is 1.76. The number of alkyl halides is 1. The Morgan fingerprint density at radius 1 is 1.46 bits per heavy atom. The predicted molar refractivity (Wildman–Crippen MR) is 57.1 cm³/mol. The molecule has 1 aromatic heterocycles. The van der Waals surface area contributed by atoms with Gasteiger partial charge in [-0.1, -0.05) is 36.7 Å². The molecule has 13 heavy (non-hydrogen) atoms. The lowest BCUT2D eigenvalue weighted by Crippen LogP contribution is -2.08. The second-order valence-electron chi connectivity index (χ2n) is 4.61. The topological polar surface area (TPSA) is 13.1 Å². The van der Waals surface area contributed by atoms with Crippen molar-refractivity contribution < 1.29 is 4.42 Å². The molecule has 1 fully saturated rings. The fraction of sp³-hybridized carbons (Fsp3) is 0.636. The molecule has 0 bridgehead atoms. The molecule has 0 spiro atoms. The molecule has 0 aliphatic heterocycles. The maximum Gasteiger partial charge on any atom is 0.110 e. The zero-order valence-electron chi connectivity index (χ0n) is 8.30. The molecule has 0 radical (unpaired) electrons. The molecule has 1 aliphatic rings. The Kier molecular flexibility index (Phi) is 1.88. The van der Waals surface area contributed by atoms with Crippen molar-refractivity contribution >= 4 is 15.9 Å². The molecule has 2 heteroatoms. The Bertz CT molecular complexity index is 302. The van der Waals surface area contributed by atoms with E-state index in [0.29, 0.717) is 11.3 Å². The summed E-state index contributed by atoms with van der Waals surface area (Å²) in [6, 6.07) is 4.06. The van der Waals surface area contributed by atoms with E-state index in [-0.39, 0.29) is 5.41 Å². The average Bonchev–Trinajstić information content (AvgIpc) is 2.52. The number of hydrogen-bond donors (Lipinski definition) is 0. The maximum absolute atomic E-state index is 5.51. The van der Waals surface area contributed by atoms with Crippen LogP contribution in [0.1, 0.15) is 26.5 Å². The molecular weight excluding hydrogens is 228 g/mol. The van der Waals surface area contributed by atoms with Gasteiger partial charge in [0.25, 0.3) is 0 Å². The van der Waals surface area contributed by atoms with E-state index in [1.165, 1.54) is 0 Å². The molecule has 1 heterocycles. The van der Waals surface area contributed by atoms with Crippen LogP contribution in [0.15, 0.2) is 22.8 Å². The lowest BCUT2D eigenvalue weighted by Gasteiger charge is -2.10. The van der Waals surface area contributed by atoms with E-state index < -0.39 is 0 Å². The van der Waals surface area contributed by atoms with Gasteiger partial charge in [0, 0.05) is 10.7 Å². The molecule has 1 saturated carbocycles. The van der Waals surface area contributed by atoms with Crippen LogP contribution in [0.25, 0.3) is 0 Å². The highest BCUT2D eigenvalue weighted by Crippen LogP contribution is 2.69. The first-order valence-corrected chi connectivity index (χ1v) is 5.77. The van der Waals surface area contributed by atoms with Gasteiger partial charge in [0.15, 0.2) is 0 Å². The standard InChI is InChI=1S/C11H15BrO/c1-10(2)8(7-12)11(10,3)9-5-4-6-13-9/h4-6,8H,7H2,1-3H3. The Balaban J connectivity index is 2.35. The normalized spacial score (nSPS) is 36.2. The number of halogens is 1. The molecule has 2 unspecified atom stereocenters. The zero-order valence-corrected chi connectivity index (χ0v) is 9.89. The lowest BCUT2D eigenvalue weighted by molar-refractivity contribution is 0.412. The number of furan rings is 1. The van der Waals surface area contributed by atoms with Crippen LogP contribution < -0.4 is 0 Å². The van der Waals surface area contributed by atoms with Crippen molar-refractivity contribution in [2.45, 2.75) is 26.2 Å². The Morgan fingerprint density at radius 2 is 2.15 bits per heavy atom. The Labute approximate surface area is 87.6 Å². The highest BCUT2D eigenvalue weighted by atomic mass is 79.9. The van der Waals surface area contributed by atoms with Gasteiger partial charge in [-0.2, -0.15) is 0 Å². The summed E-state index contributed by atoms with van der Waals surface area (Å²) in [7, 11) is 0. The summed E-state index contributed by atoms with van der Waals surface area (Å²) in [4.78, 5) is 0. The second-order valence-corrected chi connectivity index (χ2v) is 5.26. The van der Waals surface area contributed by atoms with Gasteiger partial charge in [0.1, 0.15) is 5.76 Å². The minimum absolute atomic E-state index is 0.222. The van der Waals surface area contributed by atoms with E-state index >= 15 is 0 Å². The summed E-state index contributed by atoms with van der Waals surface area (Å²) >= 11 is 3.57. The van der Waals surface area contributed by atoms with Crippen LogP contribution in [-0.2, 0) is 5.41 Å². The first kappa shape index (κ1) is 9.32. The van der Waals surface area contributed by atoms with Crippen molar-refractivity contribution in [3.8, 4) is 0 Å². The van der Waals surface area contributed by atoms with Crippen molar-refractivity contribution in [1.29, 1.82) is 0 Å². The average molecular weight is 243 g/mol. The molecule has 1 aliphatic carbocycles. The van der Waals surface area contributed by atoms with Gasteiger partial charge >= 0.3 is 0 Å². The van der Waals surface area contributed by atoms with Gasteiger partial charge in [-0.15, -0.1) is 0 Å². The van der Waals surface area contributed by atoms with Crippen LogP contribution in [0.5, 0.6) is 0 Å². The Hall–Kier alpha value is -0.240. The van der Waals surface area contributed by atoms with Crippen molar-refractivity contribution in [2.24, 2.45) is 11.3 Å². The van der Waals surface area contributed by atoms with E-state index in [9.17, 15) is 0 Å². The SMILES string of the molecule is CC1(C)C(CBr)C1(C)c1ccco1. The number of rotatable bonds is 2. The van der Waals surface area contributed by atoms with Crippen LogP contribution in [0.2, 0.25) is 0 Å². The zero-order chi connectivity index (χ0) is 9.69. The van der Waals surface area contributed by atoms with Gasteiger partial charge in [0.05, 0.1) is 6.26 Å². The third kappa shape index (κ3) is 0.983. The smallest absolute Gasteiger partial charge is 0.110 e. The summed E-state index contributed by atoms with van der Waals surface area (Å²) in [5, 5.41) is 1.05. The number of hydrogen-bond acceptors (Lipinski definition) is 1. The minimum atomic E-state index is 0.222. The monoisotopic (exact) mass is 242 g/mol. The van der Waals surface area contributed by atoms with Crippen molar-refractivity contribution in [3.05, 3.63) is 24.2 Å². The van der Waals surface area contributed by atoms with E-state index in [0.717, 1.165) is 11.1 Å². The lowest BCUT2D eigenvalue weighted by atomic mass is 9.95. The molecule has 2 rings (SSSR count). The summed E-state index contributed by atoms with van der Waals surface area (Å²) in [5.74, 6) is 1.81. The Morgan fingerprint density at radius 3 is 2.54 bits per heavy atom. The molecule has 0 N–H and O–H groups in total. The fourth-order valence-electron chi connectivity index (χ4n) is 2.51. The first-order valence-electron chi connectivity index (χ1n) is 4.65. The van der Waals surface area contributed by atoms with E-state index in [4.69, 9.17) is 4.42 Å². The third-order valence-electron chi connectivity index (χ3n) is 4.01. The van der Waals surface area contributed by atoms with Gasteiger partial charge in [-0.05, 0) is 23.5 Å². The van der Waals surface area contributed by atoms with Gasteiger partial charge in [-0.3, -0.25) is 0 Å². The van der Waals surface area contributed by atoms with Crippen LogP contribution in [0, 0.1) is 11.3 Å². The van der Waals surface area contributed by atoms with E-state index in [1.54, 1.807) is 6.26 Å². The van der Waals surface area contributed by atoms with Gasteiger partial charge in [-0.25, -0.2) is 0 Å². The van der Waals surface area contributed by atoms with Crippen molar-refractivity contribution in [3.63, 3.8) is 0 Å². The van der Waals surface area contributed by atoms with Crippen LogP contribution in [0.4, 0.5) is 0 Å². The summed E-state index contributed by atoms with van der Waals surface area (Å²) in [6.45, 7) is 6.90. The molecule has 72 valence electrons. The van der Waals surface area contributed by atoms with Crippen molar-refractivity contribution in [1.82, 2.24) is 0 Å². The van der Waals surface area contributed by atoms with Gasteiger partial charge < -0.3 is 4.42 Å². The third-order valence-corrected chi connectivity index (χ3v) is 4.66. The van der Waals surface area contributed by atoms with Gasteiger partial charge in [0.2, 0.25) is 0 Å². The van der Waals surface area contributed by atoms with E-state index in [1.807, 2.05) is 6.07 Å². The van der Waals surface area contributed by atoms with Crippen LogP contribution in [0.3, 0.4) is 0 Å². The van der Waals surface area contributed by atoms with E-state index in [2.05, 4.69) is 42.8 Å². The fourth-order valence-corrected chi connectivity index (χ4v) is 3.97. The highest BCUT2D eigenvalue weighted by Gasteiger charge is 2.69. The minimum Gasteiger partial charge on any atom is -0.469 e. The molecular formula is C11H15BrO. The summed E-state index contributed by atoms with van der Waals surface area (Å²) in [5.41, 5.74) is 0.578. The van der Waals surface area contributed by atoms with Crippen LogP contribution >= 0.6 is 15.9 Å². The second kappa shape index (κ2) is 2.63. The first-order chi connectivity index (χ1) is 6.05. The highest BCUT2D eigenvalue weighted by molar-refractivity contribution is 9.09.